The second kappa shape index (κ2) is 7.14. The molecule has 148 valence electrons. The number of carboxylic acid groups (broad SMARTS) is 1. The summed E-state index contributed by atoms with van der Waals surface area (Å²) in [7, 11) is 0. The van der Waals surface area contributed by atoms with Crippen molar-refractivity contribution in [3.8, 4) is 0 Å². The largest absolute Gasteiger partial charge is 0.465 e. The summed E-state index contributed by atoms with van der Waals surface area (Å²) in [6.45, 7) is 2.75. The van der Waals surface area contributed by atoms with E-state index in [9.17, 15) is 19.5 Å². The second-order valence-electron chi connectivity index (χ2n) is 7.51. The first-order chi connectivity index (χ1) is 13.4. The Bertz CT molecular complexity index is 940. The van der Waals surface area contributed by atoms with E-state index in [2.05, 4.69) is 10.5 Å². The van der Waals surface area contributed by atoms with Crippen LogP contribution >= 0.6 is 0 Å². The Balaban J connectivity index is 1.53. The van der Waals surface area contributed by atoms with Gasteiger partial charge in [-0.15, -0.1) is 0 Å². The molecule has 1 unspecified atom stereocenters. The van der Waals surface area contributed by atoms with E-state index in [-0.39, 0.29) is 24.9 Å². The van der Waals surface area contributed by atoms with E-state index in [0.29, 0.717) is 23.9 Å². The number of urea groups is 1. The number of carbonyl (C=O) groups excluding carboxylic acids is 2. The summed E-state index contributed by atoms with van der Waals surface area (Å²) in [6.07, 6.45) is 1.82. The van der Waals surface area contributed by atoms with Crippen LogP contribution in [0.15, 0.2) is 22.7 Å². The minimum atomic E-state index is -0.861. The molecule has 2 atom stereocenters. The van der Waals surface area contributed by atoms with Gasteiger partial charge in [0, 0.05) is 25.6 Å². The standard InChI is InChI=1S/C19H22N4O5/c1-11-8-13(4-6-22(11)19(26)27)9-12-2-3-15-14(10-12)17(21-28-15)23-7-5-16(24)20-18(23)25/h2-3,10-11,13H,4-9H2,1H3,(H,26,27)(H,20,24,25)/t11-,13?/m0/s1. The first-order valence-corrected chi connectivity index (χ1v) is 9.41. The van der Waals surface area contributed by atoms with Gasteiger partial charge in [0.15, 0.2) is 11.4 Å². The van der Waals surface area contributed by atoms with Crippen molar-refractivity contribution in [3.63, 3.8) is 0 Å². The van der Waals surface area contributed by atoms with Crippen LogP contribution in [0.25, 0.3) is 11.0 Å². The molecule has 9 nitrogen and oxygen atoms in total. The fraction of sp³-hybridized carbons (Fsp3) is 0.474. The highest BCUT2D eigenvalue weighted by Gasteiger charge is 2.30. The van der Waals surface area contributed by atoms with Crippen molar-refractivity contribution < 1.29 is 24.0 Å². The van der Waals surface area contributed by atoms with Gasteiger partial charge in [-0.3, -0.25) is 15.0 Å². The molecule has 3 heterocycles. The van der Waals surface area contributed by atoms with Crippen LogP contribution in [-0.4, -0.2) is 52.3 Å². The predicted octanol–water partition coefficient (Wildman–Crippen LogP) is 2.60. The number of nitrogens with zero attached hydrogens (tertiary/aromatic N) is 3. The Hall–Kier alpha value is -3.10. The van der Waals surface area contributed by atoms with Crippen LogP contribution in [0.5, 0.6) is 0 Å². The van der Waals surface area contributed by atoms with Gasteiger partial charge < -0.3 is 14.5 Å². The maximum absolute atomic E-state index is 12.1. The quantitative estimate of drug-likeness (QED) is 0.838. The SMILES string of the molecule is C[C@H]1CC(Cc2ccc3onc(N4CCC(=O)NC4=O)c3c2)CCN1C(=O)O. The van der Waals surface area contributed by atoms with Gasteiger partial charge in [-0.1, -0.05) is 11.2 Å². The minimum Gasteiger partial charge on any atom is -0.465 e. The maximum atomic E-state index is 12.1. The molecule has 4 amide bonds. The van der Waals surface area contributed by atoms with Crippen molar-refractivity contribution in [1.82, 2.24) is 15.4 Å². The van der Waals surface area contributed by atoms with Gasteiger partial charge in [-0.25, -0.2) is 9.59 Å². The Labute approximate surface area is 161 Å². The van der Waals surface area contributed by atoms with Gasteiger partial charge in [-0.2, -0.15) is 0 Å². The highest BCUT2D eigenvalue weighted by Crippen LogP contribution is 2.31. The van der Waals surface area contributed by atoms with Crippen molar-refractivity contribution in [2.45, 2.75) is 38.6 Å². The van der Waals surface area contributed by atoms with Crippen molar-refractivity contribution in [2.75, 3.05) is 18.0 Å². The van der Waals surface area contributed by atoms with E-state index in [1.165, 1.54) is 9.80 Å². The summed E-state index contributed by atoms with van der Waals surface area (Å²) in [5.74, 6) is 0.509. The van der Waals surface area contributed by atoms with E-state index in [4.69, 9.17) is 4.52 Å². The Morgan fingerprint density at radius 1 is 1.36 bits per heavy atom. The lowest BCUT2D eigenvalue weighted by Crippen LogP contribution is -2.49. The van der Waals surface area contributed by atoms with Crippen LogP contribution < -0.4 is 10.2 Å². The number of hydrogen-bond donors (Lipinski definition) is 2. The molecule has 28 heavy (non-hydrogen) atoms. The molecule has 0 aliphatic carbocycles. The van der Waals surface area contributed by atoms with Gasteiger partial charge in [0.05, 0.1) is 5.39 Å². The number of fused-ring (bicyclic) bond motifs is 1. The van der Waals surface area contributed by atoms with Gasteiger partial charge in [0.25, 0.3) is 0 Å². The molecule has 0 bridgehead atoms. The molecule has 9 heteroatoms. The second-order valence-corrected chi connectivity index (χ2v) is 7.51. The normalized spacial score (nSPS) is 23.2. The highest BCUT2D eigenvalue weighted by molar-refractivity contribution is 6.08. The van der Waals surface area contributed by atoms with Gasteiger partial charge in [0.2, 0.25) is 5.91 Å². The monoisotopic (exact) mass is 386 g/mol. The van der Waals surface area contributed by atoms with E-state index in [1.54, 1.807) is 0 Å². The molecule has 2 aromatic rings. The number of imide groups is 1. The fourth-order valence-electron chi connectivity index (χ4n) is 4.13. The molecule has 2 aliphatic rings. The summed E-state index contributed by atoms with van der Waals surface area (Å²) in [4.78, 5) is 37.7. The number of hydrogen-bond acceptors (Lipinski definition) is 5. The summed E-state index contributed by atoms with van der Waals surface area (Å²) < 4.78 is 5.35. The molecule has 0 spiro atoms. The number of aromatic nitrogens is 1. The lowest BCUT2D eigenvalue weighted by Gasteiger charge is -2.35. The van der Waals surface area contributed by atoms with Gasteiger partial charge in [0.1, 0.15) is 0 Å². The van der Waals surface area contributed by atoms with E-state index < -0.39 is 12.1 Å². The van der Waals surface area contributed by atoms with Crippen LogP contribution in [0.2, 0.25) is 0 Å². The molecule has 2 aliphatic heterocycles. The number of carbonyl (C=O) groups is 3. The third-order valence-corrected chi connectivity index (χ3v) is 5.58. The Morgan fingerprint density at radius 3 is 2.89 bits per heavy atom. The summed E-state index contributed by atoms with van der Waals surface area (Å²) >= 11 is 0. The lowest BCUT2D eigenvalue weighted by molar-refractivity contribution is -0.120. The van der Waals surface area contributed by atoms with E-state index >= 15 is 0 Å². The predicted molar refractivity (Wildman–Crippen MR) is 100 cm³/mol. The molecule has 4 rings (SSSR count). The lowest BCUT2D eigenvalue weighted by atomic mass is 9.86. The Kier molecular flexibility index (Phi) is 4.66. The molecule has 1 aromatic carbocycles. The molecule has 2 N–H and O–H groups in total. The van der Waals surface area contributed by atoms with Crippen LogP contribution in [0, 0.1) is 5.92 Å². The molecule has 2 fully saturated rings. The molecular formula is C19H22N4O5. The topological polar surface area (TPSA) is 116 Å². The average Bonchev–Trinajstić information content (AvgIpc) is 3.04. The van der Waals surface area contributed by atoms with E-state index in [0.717, 1.165) is 30.2 Å². The van der Waals surface area contributed by atoms with Gasteiger partial charge >= 0.3 is 12.1 Å². The summed E-state index contributed by atoms with van der Waals surface area (Å²) in [5, 5.41) is 16.3. The fourth-order valence-corrected chi connectivity index (χ4v) is 4.13. The molecule has 2 saturated heterocycles. The first-order valence-electron chi connectivity index (χ1n) is 9.41. The molecular weight excluding hydrogens is 364 g/mol. The number of nitrogens with one attached hydrogen (secondary N) is 1. The minimum absolute atomic E-state index is 0.000664. The van der Waals surface area contributed by atoms with Gasteiger partial charge in [-0.05, 0) is 49.8 Å². The van der Waals surface area contributed by atoms with Crippen LogP contribution in [-0.2, 0) is 11.2 Å². The highest BCUT2D eigenvalue weighted by atomic mass is 16.5. The third kappa shape index (κ3) is 3.39. The zero-order valence-electron chi connectivity index (χ0n) is 15.6. The number of anilines is 1. The molecule has 0 radical (unpaired) electrons. The Morgan fingerprint density at radius 2 is 2.18 bits per heavy atom. The van der Waals surface area contributed by atoms with E-state index in [1.807, 2.05) is 25.1 Å². The third-order valence-electron chi connectivity index (χ3n) is 5.58. The van der Waals surface area contributed by atoms with Crippen LogP contribution in [0.3, 0.4) is 0 Å². The number of benzene rings is 1. The first kappa shape index (κ1) is 18.3. The van der Waals surface area contributed by atoms with Crippen molar-refractivity contribution >= 4 is 34.8 Å². The van der Waals surface area contributed by atoms with Crippen molar-refractivity contribution in [2.24, 2.45) is 5.92 Å². The summed E-state index contributed by atoms with van der Waals surface area (Å²) in [6, 6.07) is 5.29. The zero-order chi connectivity index (χ0) is 19.8. The van der Waals surface area contributed by atoms with Crippen LogP contribution in [0.4, 0.5) is 15.4 Å². The average molecular weight is 386 g/mol. The number of piperidine rings is 1. The maximum Gasteiger partial charge on any atom is 0.407 e. The molecule has 1 aromatic heterocycles. The number of likely N-dealkylation sites (tertiary alicyclic amines) is 1. The van der Waals surface area contributed by atoms with Crippen LogP contribution in [0.1, 0.15) is 31.7 Å². The van der Waals surface area contributed by atoms with Crippen molar-refractivity contribution in [1.29, 1.82) is 0 Å². The zero-order valence-corrected chi connectivity index (χ0v) is 15.6. The molecule has 0 saturated carbocycles. The number of amides is 4. The number of rotatable bonds is 3. The van der Waals surface area contributed by atoms with Crippen molar-refractivity contribution in [3.05, 3.63) is 23.8 Å². The smallest absolute Gasteiger partial charge is 0.407 e. The summed E-state index contributed by atoms with van der Waals surface area (Å²) in [5.41, 5.74) is 1.67.